The Morgan fingerprint density at radius 2 is 1.98 bits per heavy atom. The lowest BCUT2D eigenvalue weighted by Crippen LogP contribution is -2.61. The maximum absolute atomic E-state index is 14.5. The summed E-state index contributed by atoms with van der Waals surface area (Å²) in [6.45, 7) is 11.7. The quantitative estimate of drug-likeness (QED) is 0.269. The van der Waals surface area contributed by atoms with E-state index >= 15 is 0 Å². The Labute approximate surface area is 304 Å². The molecule has 1 aromatic carbocycles. The minimum atomic E-state index is -2.16. The molecular formula is C35H46FN7O6S2. The average molecular weight is 744 g/mol. The Bertz CT molecular complexity index is 1700. The van der Waals surface area contributed by atoms with Crippen molar-refractivity contribution < 1.29 is 32.2 Å². The number of halogens is 1. The van der Waals surface area contributed by atoms with Gasteiger partial charge >= 0.3 is 0 Å². The number of amides is 1. The third kappa shape index (κ3) is 7.90. The number of aromatic nitrogens is 3. The van der Waals surface area contributed by atoms with Crippen molar-refractivity contribution in [2.24, 2.45) is 5.41 Å². The number of piperidine rings is 1. The van der Waals surface area contributed by atoms with Gasteiger partial charge in [0.05, 0.1) is 48.2 Å². The Kier molecular flexibility index (Phi) is 10.9. The standard InChI is InChI=1S/C35H46FN7O6S2/c1-23(2)42(26-8-13-47-17-26)34(44)29-14-25(36)4-7-30(29)49-31-15-37-22-38-33(31)41-20-35(21-41)9-11-40(12-10-35)16-28-6-5-27(18-48-28)43(51(45)46)32-19-50-24(3)39-32/h4,7,14-15,19,22-23,26-28H,5-6,8-13,16-18,20-21H2,1-3H3,(H,45,46)/t26-,27-,28+/m1/s1. The number of likely N-dealkylation sites (tertiary alicyclic amines) is 1. The number of rotatable bonds is 11. The van der Waals surface area contributed by atoms with E-state index in [-0.39, 0.29) is 46.9 Å². The summed E-state index contributed by atoms with van der Waals surface area (Å²) in [6.07, 6.45) is 7.60. The Balaban J connectivity index is 0.936. The van der Waals surface area contributed by atoms with E-state index < -0.39 is 17.1 Å². The molecule has 1 amide bonds. The first-order valence-electron chi connectivity index (χ1n) is 17.7. The van der Waals surface area contributed by atoms with Gasteiger partial charge in [0.25, 0.3) is 17.2 Å². The molecular weight excluding hydrogens is 698 g/mol. The highest BCUT2D eigenvalue weighted by Gasteiger charge is 2.46. The fourth-order valence-corrected chi connectivity index (χ4v) is 9.23. The summed E-state index contributed by atoms with van der Waals surface area (Å²) in [4.78, 5) is 33.5. The van der Waals surface area contributed by atoms with Crippen LogP contribution in [0, 0.1) is 18.2 Å². The van der Waals surface area contributed by atoms with E-state index in [4.69, 9.17) is 14.2 Å². The number of ether oxygens (including phenoxy) is 3. The van der Waals surface area contributed by atoms with Crippen molar-refractivity contribution in [1.82, 2.24) is 24.8 Å². The average Bonchev–Trinajstić information content (AvgIpc) is 3.78. The van der Waals surface area contributed by atoms with Gasteiger partial charge in [0.1, 0.15) is 17.9 Å². The third-order valence-electron chi connectivity index (χ3n) is 10.6. The Morgan fingerprint density at radius 3 is 2.63 bits per heavy atom. The summed E-state index contributed by atoms with van der Waals surface area (Å²) < 4.78 is 56.2. The zero-order chi connectivity index (χ0) is 35.7. The van der Waals surface area contributed by atoms with Crippen molar-refractivity contribution in [2.75, 3.05) is 61.7 Å². The number of benzene rings is 1. The predicted octanol–water partition coefficient (Wildman–Crippen LogP) is 4.91. The van der Waals surface area contributed by atoms with Gasteiger partial charge in [-0.25, -0.2) is 27.9 Å². The fourth-order valence-electron chi connectivity index (χ4n) is 7.90. The summed E-state index contributed by atoms with van der Waals surface area (Å²) in [6, 6.07) is 3.67. The van der Waals surface area contributed by atoms with E-state index in [1.54, 1.807) is 11.1 Å². The molecule has 0 aliphatic carbocycles. The summed E-state index contributed by atoms with van der Waals surface area (Å²) in [7, 11) is 0. The number of hydrogen-bond acceptors (Lipinski definition) is 11. The summed E-state index contributed by atoms with van der Waals surface area (Å²) in [5, 5.41) is 2.67. The van der Waals surface area contributed by atoms with Crippen molar-refractivity contribution in [3.05, 3.63) is 52.5 Å². The summed E-state index contributed by atoms with van der Waals surface area (Å²) >= 11 is -0.700. The molecule has 3 aromatic rings. The molecule has 16 heteroatoms. The molecule has 0 bridgehead atoms. The fraction of sp³-hybridized carbons (Fsp3) is 0.600. The number of thiazole rings is 1. The molecule has 0 saturated carbocycles. The van der Waals surface area contributed by atoms with E-state index in [0.717, 1.165) is 69.8 Å². The van der Waals surface area contributed by atoms with E-state index in [9.17, 15) is 17.9 Å². The number of anilines is 2. The number of aryl methyl sites for hydroxylation is 1. The highest BCUT2D eigenvalue weighted by atomic mass is 32.2. The van der Waals surface area contributed by atoms with Crippen LogP contribution in [0.25, 0.3) is 0 Å². The molecule has 6 heterocycles. The normalized spacial score (nSPS) is 24.0. The molecule has 51 heavy (non-hydrogen) atoms. The van der Waals surface area contributed by atoms with Crippen LogP contribution >= 0.6 is 11.3 Å². The van der Waals surface area contributed by atoms with Gasteiger partial charge in [-0.15, -0.1) is 11.3 Å². The maximum atomic E-state index is 14.5. The molecule has 1 spiro atoms. The van der Waals surface area contributed by atoms with E-state index in [1.165, 1.54) is 40.2 Å². The van der Waals surface area contributed by atoms with Gasteiger partial charge in [-0.2, -0.15) is 0 Å². The predicted molar refractivity (Wildman–Crippen MR) is 192 cm³/mol. The van der Waals surface area contributed by atoms with Crippen LogP contribution in [-0.2, 0) is 20.7 Å². The van der Waals surface area contributed by atoms with Crippen LogP contribution in [0.4, 0.5) is 16.0 Å². The van der Waals surface area contributed by atoms with Crippen LogP contribution in [0.5, 0.6) is 11.5 Å². The minimum Gasteiger partial charge on any atom is -0.451 e. The highest BCUT2D eigenvalue weighted by Crippen LogP contribution is 2.45. The largest absolute Gasteiger partial charge is 0.451 e. The first-order chi connectivity index (χ1) is 24.6. The SMILES string of the molecule is Cc1nc(N([C@@H]2CC[C@@H](CN3CCC4(CC3)CN(c3ncncc3Oc3ccc(F)cc3C(=O)N(C(C)C)[C@@H]3CCOC3)C4)OC2)S(=O)O)cs1. The Morgan fingerprint density at radius 1 is 1.18 bits per heavy atom. The van der Waals surface area contributed by atoms with E-state index in [0.29, 0.717) is 37.2 Å². The third-order valence-corrected chi connectivity index (χ3v) is 12.1. The molecule has 4 atom stereocenters. The first-order valence-corrected chi connectivity index (χ1v) is 19.6. The number of nitrogens with zero attached hydrogens (tertiary/aromatic N) is 7. The molecule has 4 aliphatic rings. The molecule has 1 N–H and O–H groups in total. The van der Waals surface area contributed by atoms with Gasteiger partial charge in [-0.3, -0.25) is 9.35 Å². The second-order valence-corrected chi connectivity index (χ2v) is 16.3. The second kappa shape index (κ2) is 15.4. The van der Waals surface area contributed by atoms with Gasteiger partial charge in [0.2, 0.25) is 0 Å². The van der Waals surface area contributed by atoms with Gasteiger partial charge < -0.3 is 28.9 Å². The maximum Gasteiger partial charge on any atom is 0.263 e. The lowest BCUT2D eigenvalue weighted by atomic mass is 9.72. The molecule has 7 rings (SSSR count). The molecule has 276 valence electrons. The van der Waals surface area contributed by atoms with Crippen LogP contribution in [0.2, 0.25) is 0 Å². The topological polar surface area (TPSA) is 134 Å². The number of carbonyl (C=O) groups is 1. The molecule has 4 aliphatic heterocycles. The van der Waals surface area contributed by atoms with Crippen molar-refractivity contribution in [3.63, 3.8) is 0 Å². The van der Waals surface area contributed by atoms with Crippen molar-refractivity contribution >= 4 is 40.1 Å². The lowest BCUT2D eigenvalue weighted by Gasteiger charge is -2.54. The van der Waals surface area contributed by atoms with Crippen LogP contribution < -0.4 is 13.9 Å². The molecule has 4 fully saturated rings. The Hall–Kier alpha value is -3.28. The second-order valence-electron chi connectivity index (χ2n) is 14.4. The lowest BCUT2D eigenvalue weighted by molar-refractivity contribution is -0.0270. The first kappa shape index (κ1) is 36.1. The van der Waals surface area contributed by atoms with Crippen molar-refractivity contribution in [2.45, 2.75) is 77.1 Å². The van der Waals surface area contributed by atoms with E-state index in [2.05, 4.69) is 24.8 Å². The van der Waals surface area contributed by atoms with Crippen LogP contribution in [0.3, 0.4) is 0 Å². The zero-order valence-electron chi connectivity index (χ0n) is 29.3. The van der Waals surface area contributed by atoms with Crippen LogP contribution in [0.1, 0.15) is 61.3 Å². The van der Waals surface area contributed by atoms with Gasteiger partial charge in [0, 0.05) is 43.1 Å². The van der Waals surface area contributed by atoms with Crippen molar-refractivity contribution in [3.8, 4) is 11.5 Å². The number of carbonyl (C=O) groups excluding carboxylic acids is 1. The minimum absolute atomic E-state index is 0.0786. The van der Waals surface area contributed by atoms with Crippen LogP contribution in [-0.4, -0.2) is 116 Å². The zero-order valence-corrected chi connectivity index (χ0v) is 30.9. The molecule has 2 aromatic heterocycles. The summed E-state index contributed by atoms with van der Waals surface area (Å²) in [5.41, 5.74) is 0.331. The molecule has 4 saturated heterocycles. The van der Waals surface area contributed by atoms with E-state index in [1.807, 2.05) is 26.2 Å². The molecule has 13 nitrogen and oxygen atoms in total. The van der Waals surface area contributed by atoms with Crippen LogP contribution in [0.15, 0.2) is 36.1 Å². The van der Waals surface area contributed by atoms with Gasteiger partial charge in [0.15, 0.2) is 17.4 Å². The molecule has 0 radical (unpaired) electrons. The number of hydrogen-bond donors (Lipinski definition) is 1. The molecule has 1 unspecified atom stereocenters. The smallest absolute Gasteiger partial charge is 0.263 e. The highest BCUT2D eigenvalue weighted by molar-refractivity contribution is 7.80. The van der Waals surface area contributed by atoms with Crippen molar-refractivity contribution in [1.29, 1.82) is 0 Å². The summed E-state index contributed by atoms with van der Waals surface area (Å²) in [5.74, 6) is 1.06. The van der Waals surface area contributed by atoms with Gasteiger partial charge in [-0.1, -0.05) is 0 Å². The van der Waals surface area contributed by atoms with Gasteiger partial charge in [-0.05, 0) is 84.2 Å². The monoisotopic (exact) mass is 743 g/mol.